The van der Waals surface area contributed by atoms with Crippen molar-refractivity contribution in [3.8, 4) is 6.07 Å². The molecule has 4 nitrogen and oxygen atoms in total. The zero-order valence-electron chi connectivity index (χ0n) is 11.5. The van der Waals surface area contributed by atoms with Gasteiger partial charge in [-0.2, -0.15) is 5.26 Å². The summed E-state index contributed by atoms with van der Waals surface area (Å²) in [6, 6.07) is 11.6. The number of aromatic nitrogens is 1. The number of hydrogen-bond acceptors (Lipinski definition) is 4. The van der Waals surface area contributed by atoms with E-state index in [2.05, 4.69) is 10.3 Å². The molecule has 0 aliphatic heterocycles. The fourth-order valence-electron chi connectivity index (χ4n) is 2.03. The lowest BCUT2D eigenvalue weighted by atomic mass is 10.0. The summed E-state index contributed by atoms with van der Waals surface area (Å²) < 4.78 is 13.1. The second-order valence-corrected chi connectivity index (χ2v) is 4.76. The highest BCUT2D eigenvalue weighted by Crippen LogP contribution is 2.17. The Hall–Kier alpha value is -2.45. The topological polar surface area (TPSA) is 68.9 Å². The summed E-state index contributed by atoms with van der Waals surface area (Å²) in [4.78, 5) is 4.23. The van der Waals surface area contributed by atoms with E-state index in [9.17, 15) is 9.50 Å². The lowest BCUT2D eigenvalue weighted by molar-refractivity contribution is 0.232. The molecule has 108 valence electrons. The molecule has 0 saturated heterocycles. The molecule has 1 atom stereocenters. The third-order valence-electron chi connectivity index (χ3n) is 3.17. The first kappa shape index (κ1) is 14.9. The van der Waals surface area contributed by atoms with E-state index in [-0.39, 0.29) is 18.1 Å². The molecule has 0 bridgehead atoms. The van der Waals surface area contributed by atoms with Gasteiger partial charge in [0, 0.05) is 31.0 Å². The van der Waals surface area contributed by atoms with Crippen molar-refractivity contribution in [2.75, 3.05) is 18.5 Å². The van der Waals surface area contributed by atoms with Crippen molar-refractivity contribution in [3.05, 3.63) is 59.7 Å². The zero-order valence-corrected chi connectivity index (χ0v) is 11.5. The maximum absolute atomic E-state index is 13.1. The molecule has 0 saturated carbocycles. The van der Waals surface area contributed by atoms with Gasteiger partial charge < -0.3 is 10.4 Å². The third kappa shape index (κ3) is 4.26. The predicted molar refractivity (Wildman–Crippen MR) is 78.1 cm³/mol. The van der Waals surface area contributed by atoms with Crippen LogP contribution in [0.25, 0.3) is 0 Å². The molecule has 1 aromatic heterocycles. The van der Waals surface area contributed by atoms with Crippen LogP contribution in [-0.2, 0) is 6.42 Å². The van der Waals surface area contributed by atoms with Crippen LogP contribution in [0.4, 0.5) is 10.1 Å². The Morgan fingerprint density at radius 2 is 2.19 bits per heavy atom. The fourth-order valence-corrected chi connectivity index (χ4v) is 2.03. The van der Waals surface area contributed by atoms with Gasteiger partial charge in [-0.1, -0.05) is 6.07 Å². The van der Waals surface area contributed by atoms with E-state index in [1.807, 2.05) is 24.3 Å². The highest BCUT2D eigenvalue weighted by Gasteiger charge is 2.11. The average Bonchev–Trinajstić information content (AvgIpc) is 2.53. The van der Waals surface area contributed by atoms with E-state index < -0.39 is 5.82 Å². The number of halogens is 1. The lowest BCUT2D eigenvalue weighted by Gasteiger charge is -2.16. The summed E-state index contributed by atoms with van der Waals surface area (Å²) in [5.74, 6) is -0.471. The molecule has 1 aromatic carbocycles. The monoisotopic (exact) mass is 285 g/mol. The Morgan fingerprint density at radius 1 is 1.33 bits per heavy atom. The van der Waals surface area contributed by atoms with Crippen molar-refractivity contribution in [1.29, 1.82) is 5.26 Å². The van der Waals surface area contributed by atoms with Crippen LogP contribution < -0.4 is 5.32 Å². The van der Waals surface area contributed by atoms with Crippen LogP contribution in [0.5, 0.6) is 0 Å². The number of nitrogens with zero attached hydrogens (tertiary/aromatic N) is 2. The second-order valence-electron chi connectivity index (χ2n) is 4.76. The van der Waals surface area contributed by atoms with Gasteiger partial charge in [0.25, 0.3) is 0 Å². The van der Waals surface area contributed by atoms with Crippen molar-refractivity contribution >= 4 is 5.69 Å². The summed E-state index contributed by atoms with van der Waals surface area (Å²) >= 11 is 0. The first-order valence-corrected chi connectivity index (χ1v) is 6.67. The molecule has 5 heteroatoms. The minimum atomic E-state index is -0.440. The Morgan fingerprint density at radius 3 is 2.86 bits per heavy atom. The molecule has 21 heavy (non-hydrogen) atoms. The Balaban J connectivity index is 1.99. The van der Waals surface area contributed by atoms with Crippen LogP contribution in [0.2, 0.25) is 0 Å². The summed E-state index contributed by atoms with van der Waals surface area (Å²) in [6.45, 7) is 0.486. The highest BCUT2D eigenvalue weighted by atomic mass is 19.1. The van der Waals surface area contributed by atoms with Gasteiger partial charge in [-0.05, 0) is 36.8 Å². The molecular weight excluding hydrogens is 269 g/mol. The van der Waals surface area contributed by atoms with E-state index >= 15 is 0 Å². The van der Waals surface area contributed by atoms with E-state index in [0.29, 0.717) is 18.7 Å². The van der Waals surface area contributed by atoms with Crippen molar-refractivity contribution in [3.63, 3.8) is 0 Å². The Kier molecular flexibility index (Phi) is 5.24. The standard InChI is InChI=1S/C16H16FN3O/c17-14-4-5-16(13(8-14)9-18)20-10-12(11-21)7-15-3-1-2-6-19-15/h1-6,8,12,20-21H,7,10-11H2/t12-/m1/s1. The molecule has 2 N–H and O–H groups in total. The molecule has 0 aliphatic carbocycles. The number of benzene rings is 1. The van der Waals surface area contributed by atoms with E-state index in [1.54, 1.807) is 6.20 Å². The van der Waals surface area contributed by atoms with Crippen molar-refractivity contribution in [2.45, 2.75) is 6.42 Å². The van der Waals surface area contributed by atoms with E-state index in [4.69, 9.17) is 5.26 Å². The quantitative estimate of drug-likeness (QED) is 0.855. The number of anilines is 1. The van der Waals surface area contributed by atoms with Crippen LogP contribution in [0.3, 0.4) is 0 Å². The molecule has 0 radical (unpaired) electrons. The Labute approximate surface area is 122 Å². The second kappa shape index (κ2) is 7.36. The van der Waals surface area contributed by atoms with Gasteiger partial charge in [0.05, 0.1) is 11.3 Å². The molecule has 2 aromatic rings. The smallest absolute Gasteiger partial charge is 0.124 e. The summed E-state index contributed by atoms with van der Waals surface area (Å²) in [5.41, 5.74) is 1.72. The molecule has 2 rings (SSSR count). The Bertz CT molecular complexity index is 625. The minimum Gasteiger partial charge on any atom is -0.396 e. The SMILES string of the molecule is N#Cc1cc(F)ccc1NC[C@H](CO)Cc1ccccn1. The number of aliphatic hydroxyl groups excluding tert-OH is 1. The molecule has 1 heterocycles. The number of rotatable bonds is 6. The number of nitrogens with one attached hydrogen (secondary N) is 1. The minimum absolute atomic E-state index is 0.00660. The van der Waals surface area contributed by atoms with Crippen molar-refractivity contribution in [1.82, 2.24) is 4.98 Å². The van der Waals surface area contributed by atoms with Gasteiger partial charge in [0.15, 0.2) is 0 Å². The molecule has 0 aliphatic rings. The maximum Gasteiger partial charge on any atom is 0.124 e. The first-order chi connectivity index (χ1) is 10.2. The van der Waals surface area contributed by atoms with Gasteiger partial charge in [-0.25, -0.2) is 4.39 Å². The van der Waals surface area contributed by atoms with Gasteiger partial charge >= 0.3 is 0 Å². The van der Waals surface area contributed by atoms with E-state index in [1.165, 1.54) is 18.2 Å². The molecule has 0 fully saturated rings. The van der Waals surface area contributed by atoms with Crippen molar-refractivity contribution in [2.24, 2.45) is 5.92 Å². The average molecular weight is 285 g/mol. The number of hydrogen-bond donors (Lipinski definition) is 2. The normalized spacial score (nSPS) is 11.7. The van der Waals surface area contributed by atoms with E-state index in [0.717, 1.165) is 5.69 Å². The van der Waals surface area contributed by atoms with Crippen LogP contribution in [0.15, 0.2) is 42.6 Å². The largest absolute Gasteiger partial charge is 0.396 e. The number of aliphatic hydroxyl groups is 1. The summed E-state index contributed by atoms with van der Waals surface area (Å²) in [5, 5.41) is 21.5. The van der Waals surface area contributed by atoms with Crippen LogP contribution in [0, 0.1) is 23.1 Å². The molecule has 0 unspecified atom stereocenters. The number of pyridine rings is 1. The molecular formula is C16H16FN3O. The molecule has 0 amide bonds. The number of nitriles is 1. The summed E-state index contributed by atoms with van der Waals surface area (Å²) in [6.07, 6.45) is 2.35. The lowest BCUT2D eigenvalue weighted by Crippen LogP contribution is -2.21. The van der Waals surface area contributed by atoms with Crippen LogP contribution in [-0.4, -0.2) is 23.2 Å². The van der Waals surface area contributed by atoms with Gasteiger partial charge in [0.1, 0.15) is 11.9 Å². The van der Waals surface area contributed by atoms with Crippen LogP contribution in [0.1, 0.15) is 11.3 Å². The zero-order chi connectivity index (χ0) is 15.1. The summed E-state index contributed by atoms with van der Waals surface area (Å²) in [7, 11) is 0. The van der Waals surface area contributed by atoms with Gasteiger partial charge in [-0.15, -0.1) is 0 Å². The van der Waals surface area contributed by atoms with Crippen molar-refractivity contribution < 1.29 is 9.50 Å². The highest BCUT2D eigenvalue weighted by molar-refractivity contribution is 5.57. The third-order valence-corrected chi connectivity index (χ3v) is 3.17. The fraction of sp³-hybridized carbons (Fsp3) is 0.250. The predicted octanol–water partition coefficient (Wildman–Crippen LogP) is 2.36. The first-order valence-electron chi connectivity index (χ1n) is 6.67. The maximum atomic E-state index is 13.1. The van der Waals surface area contributed by atoms with Crippen LogP contribution >= 0.6 is 0 Å². The van der Waals surface area contributed by atoms with Gasteiger partial charge in [0.2, 0.25) is 0 Å². The van der Waals surface area contributed by atoms with Gasteiger partial charge in [-0.3, -0.25) is 4.98 Å². The molecule has 0 spiro atoms.